The Kier molecular flexibility index (Phi) is 4.09. The van der Waals surface area contributed by atoms with E-state index in [1.807, 2.05) is 12.1 Å². The van der Waals surface area contributed by atoms with Crippen LogP contribution in [0.25, 0.3) is 10.9 Å². The molecule has 0 bridgehead atoms. The number of phenolic OH excluding ortho intramolecular Hbond substituents is 1. The number of hydrogen-bond acceptors (Lipinski definition) is 5. The molecule has 0 spiro atoms. The fourth-order valence-electron chi connectivity index (χ4n) is 1.89. The lowest BCUT2D eigenvalue weighted by Gasteiger charge is -2.06. The van der Waals surface area contributed by atoms with Crippen molar-refractivity contribution in [3.8, 4) is 5.75 Å². The van der Waals surface area contributed by atoms with Crippen LogP contribution in [0.3, 0.4) is 0 Å². The second-order valence-corrected chi connectivity index (χ2v) is 5.25. The van der Waals surface area contributed by atoms with Crippen molar-refractivity contribution in [3.63, 3.8) is 0 Å². The van der Waals surface area contributed by atoms with Gasteiger partial charge < -0.3 is 5.11 Å². The second kappa shape index (κ2) is 6.17. The maximum absolute atomic E-state index is 9.98. The van der Waals surface area contributed by atoms with Crippen molar-refractivity contribution in [2.75, 3.05) is 5.43 Å². The van der Waals surface area contributed by atoms with Crippen LogP contribution in [0.2, 0.25) is 10.0 Å². The number of anilines is 1. The van der Waals surface area contributed by atoms with Gasteiger partial charge in [-0.1, -0.05) is 23.2 Å². The molecular weight excluding hydrogens is 323 g/mol. The molecule has 1 aromatic carbocycles. The number of nitrogens with one attached hydrogen (secondary N) is 1. The number of phenols is 1. The summed E-state index contributed by atoms with van der Waals surface area (Å²) in [6, 6.07) is 8.59. The van der Waals surface area contributed by atoms with E-state index in [0.29, 0.717) is 21.7 Å². The van der Waals surface area contributed by atoms with Crippen molar-refractivity contribution in [1.29, 1.82) is 0 Å². The first-order valence-corrected chi connectivity index (χ1v) is 7.07. The number of aromatic hydroxyl groups is 1. The van der Waals surface area contributed by atoms with E-state index in [0.717, 1.165) is 5.56 Å². The molecule has 3 rings (SSSR count). The summed E-state index contributed by atoms with van der Waals surface area (Å²) in [5, 5.41) is 15.3. The number of rotatable bonds is 3. The van der Waals surface area contributed by atoms with Gasteiger partial charge in [0.25, 0.3) is 0 Å². The van der Waals surface area contributed by atoms with Crippen molar-refractivity contribution in [2.45, 2.75) is 0 Å². The highest BCUT2D eigenvalue weighted by Gasteiger charge is 2.11. The molecule has 0 amide bonds. The van der Waals surface area contributed by atoms with E-state index in [2.05, 4.69) is 20.5 Å². The maximum atomic E-state index is 9.98. The van der Waals surface area contributed by atoms with Gasteiger partial charge >= 0.3 is 0 Å². The molecule has 110 valence electrons. The third kappa shape index (κ3) is 2.95. The average Bonchev–Trinajstić information content (AvgIpc) is 2.54. The van der Waals surface area contributed by atoms with Crippen LogP contribution >= 0.6 is 23.2 Å². The van der Waals surface area contributed by atoms with Crippen molar-refractivity contribution in [1.82, 2.24) is 9.97 Å². The normalized spacial score (nSPS) is 11.2. The molecule has 0 aliphatic carbocycles. The minimum atomic E-state index is -0.108. The summed E-state index contributed by atoms with van der Waals surface area (Å²) in [4.78, 5) is 8.20. The summed E-state index contributed by atoms with van der Waals surface area (Å²) in [6.45, 7) is 0. The molecule has 0 aliphatic rings. The fourth-order valence-corrected chi connectivity index (χ4v) is 2.40. The van der Waals surface area contributed by atoms with Crippen LogP contribution in [0.5, 0.6) is 5.75 Å². The number of fused-ring (bicyclic) bond motifs is 1. The highest BCUT2D eigenvalue weighted by atomic mass is 35.5. The summed E-state index contributed by atoms with van der Waals surface area (Å²) in [5.74, 6) is 0.356. The highest BCUT2D eigenvalue weighted by Crippen LogP contribution is 2.36. The lowest BCUT2D eigenvalue weighted by Crippen LogP contribution is -1.94. The largest absolute Gasteiger partial charge is 0.504 e. The number of halogens is 2. The number of hydrazone groups is 1. The smallest absolute Gasteiger partial charge is 0.160 e. The molecule has 0 saturated heterocycles. The summed E-state index contributed by atoms with van der Waals surface area (Å²) < 4.78 is 0. The Bertz CT molecular complexity index is 853. The van der Waals surface area contributed by atoms with Crippen LogP contribution in [0.1, 0.15) is 5.56 Å². The quantitative estimate of drug-likeness (QED) is 0.559. The van der Waals surface area contributed by atoms with Gasteiger partial charge in [0.1, 0.15) is 11.3 Å². The van der Waals surface area contributed by atoms with Gasteiger partial charge in [-0.3, -0.25) is 10.4 Å². The zero-order valence-corrected chi connectivity index (χ0v) is 12.7. The van der Waals surface area contributed by atoms with Gasteiger partial charge in [-0.05, 0) is 35.9 Å². The van der Waals surface area contributed by atoms with Crippen LogP contribution in [0.15, 0.2) is 47.8 Å². The van der Waals surface area contributed by atoms with Crippen LogP contribution in [-0.2, 0) is 0 Å². The van der Waals surface area contributed by atoms with Crippen LogP contribution < -0.4 is 5.43 Å². The number of nitrogens with zero attached hydrogens (tertiary/aromatic N) is 3. The van der Waals surface area contributed by atoms with E-state index in [9.17, 15) is 5.11 Å². The predicted molar refractivity (Wildman–Crippen MR) is 88.9 cm³/mol. The SMILES string of the molecule is Oc1c(Cl)cc(Cl)c2ccc(NN=Cc3ccncc3)nc12. The lowest BCUT2D eigenvalue weighted by atomic mass is 10.2. The molecular formula is C15H10Cl2N4O. The van der Waals surface area contributed by atoms with Gasteiger partial charge in [-0.25, -0.2) is 4.98 Å². The van der Waals surface area contributed by atoms with Gasteiger partial charge in [0.2, 0.25) is 0 Å². The van der Waals surface area contributed by atoms with E-state index in [1.54, 1.807) is 30.7 Å². The standard InChI is InChI=1S/C15H10Cl2N4O/c16-11-7-12(17)15(22)14-10(11)1-2-13(20-14)21-19-8-9-3-5-18-6-4-9/h1-8,22H,(H,20,21). The third-order valence-electron chi connectivity index (χ3n) is 2.96. The molecule has 0 aliphatic heterocycles. The third-order valence-corrected chi connectivity index (χ3v) is 3.56. The van der Waals surface area contributed by atoms with E-state index in [1.165, 1.54) is 6.07 Å². The topological polar surface area (TPSA) is 70.4 Å². The molecule has 2 N–H and O–H groups in total. The van der Waals surface area contributed by atoms with Gasteiger partial charge in [-0.15, -0.1) is 0 Å². The molecule has 2 aromatic heterocycles. The van der Waals surface area contributed by atoms with E-state index in [4.69, 9.17) is 23.2 Å². The molecule has 0 atom stereocenters. The molecule has 0 radical (unpaired) electrons. The van der Waals surface area contributed by atoms with Gasteiger partial charge in [0.05, 0.1) is 16.3 Å². The maximum Gasteiger partial charge on any atom is 0.160 e. The van der Waals surface area contributed by atoms with Gasteiger partial charge in [0.15, 0.2) is 5.75 Å². The predicted octanol–water partition coefficient (Wildman–Crippen LogP) is 4.09. The molecule has 3 aromatic rings. The van der Waals surface area contributed by atoms with E-state index >= 15 is 0 Å². The average molecular weight is 333 g/mol. The fraction of sp³-hybridized carbons (Fsp3) is 0. The molecule has 5 nitrogen and oxygen atoms in total. The van der Waals surface area contributed by atoms with Crippen molar-refractivity contribution in [3.05, 3.63) is 58.3 Å². The number of pyridine rings is 2. The Morgan fingerprint density at radius 3 is 2.64 bits per heavy atom. The van der Waals surface area contributed by atoms with Crippen LogP contribution in [-0.4, -0.2) is 21.3 Å². The summed E-state index contributed by atoms with van der Waals surface area (Å²) in [5.41, 5.74) is 4.01. The van der Waals surface area contributed by atoms with E-state index < -0.39 is 0 Å². The van der Waals surface area contributed by atoms with Gasteiger partial charge in [-0.2, -0.15) is 5.10 Å². The first-order valence-electron chi connectivity index (χ1n) is 6.32. The Morgan fingerprint density at radius 2 is 1.86 bits per heavy atom. The summed E-state index contributed by atoms with van der Waals surface area (Å²) in [6.07, 6.45) is 4.99. The molecule has 0 unspecified atom stereocenters. The number of hydrogen-bond donors (Lipinski definition) is 2. The Balaban J connectivity index is 1.89. The molecule has 0 saturated carbocycles. The van der Waals surface area contributed by atoms with Gasteiger partial charge in [0, 0.05) is 17.8 Å². The summed E-state index contributed by atoms with van der Waals surface area (Å²) in [7, 11) is 0. The van der Waals surface area contributed by atoms with Crippen molar-refractivity contribution in [2.24, 2.45) is 5.10 Å². The lowest BCUT2D eigenvalue weighted by molar-refractivity contribution is 0.480. The molecule has 7 heteroatoms. The molecule has 22 heavy (non-hydrogen) atoms. The van der Waals surface area contributed by atoms with Crippen molar-refractivity contribution >= 4 is 46.1 Å². The molecule has 0 fully saturated rings. The Hall–Kier alpha value is -2.37. The zero-order valence-electron chi connectivity index (χ0n) is 11.2. The highest BCUT2D eigenvalue weighted by molar-refractivity contribution is 6.39. The number of aromatic nitrogens is 2. The Morgan fingerprint density at radius 1 is 1.09 bits per heavy atom. The second-order valence-electron chi connectivity index (χ2n) is 4.43. The Labute approximate surface area is 136 Å². The zero-order chi connectivity index (χ0) is 15.5. The number of benzene rings is 1. The van der Waals surface area contributed by atoms with Crippen LogP contribution in [0, 0.1) is 0 Å². The van der Waals surface area contributed by atoms with E-state index in [-0.39, 0.29) is 10.8 Å². The monoisotopic (exact) mass is 332 g/mol. The molecule has 2 heterocycles. The minimum absolute atomic E-state index is 0.108. The first kappa shape index (κ1) is 14.6. The van der Waals surface area contributed by atoms with Crippen LogP contribution in [0.4, 0.5) is 5.82 Å². The first-order chi connectivity index (χ1) is 10.6. The minimum Gasteiger partial charge on any atom is -0.504 e. The van der Waals surface area contributed by atoms with Crippen molar-refractivity contribution < 1.29 is 5.11 Å². The summed E-state index contributed by atoms with van der Waals surface area (Å²) >= 11 is 12.0.